The van der Waals surface area contributed by atoms with Gasteiger partial charge >= 0.3 is 12.4 Å². The lowest BCUT2D eigenvalue weighted by molar-refractivity contribution is -0.143. The number of alkyl halides is 6. The van der Waals surface area contributed by atoms with Crippen molar-refractivity contribution in [2.75, 3.05) is 13.2 Å². The van der Waals surface area contributed by atoms with Gasteiger partial charge in [0.15, 0.2) is 0 Å². The summed E-state index contributed by atoms with van der Waals surface area (Å²) in [5.41, 5.74) is -2.78. The number of hydrogen-bond acceptors (Lipinski definition) is 3. The van der Waals surface area contributed by atoms with E-state index < -0.39 is 35.6 Å². The molecule has 0 amide bonds. The molecule has 156 valence electrons. The van der Waals surface area contributed by atoms with Gasteiger partial charge in [-0.15, -0.1) is 0 Å². The average Bonchev–Trinajstić information content (AvgIpc) is 3.03. The molecule has 1 heterocycles. The SMILES string of the molecule is CC1=NCC(COCc2cc(C(F)(F)F)cc(C(F)(F)F)c2)(c2ccccc2)N1. The van der Waals surface area contributed by atoms with E-state index in [9.17, 15) is 26.3 Å². The number of ether oxygens (including phenoxy) is 1. The fourth-order valence-corrected chi connectivity index (χ4v) is 3.21. The molecule has 1 aliphatic heterocycles. The number of aliphatic imine (C=N–C) groups is 1. The molecule has 0 bridgehead atoms. The van der Waals surface area contributed by atoms with Gasteiger partial charge in [0.05, 0.1) is 36.7 Å². The smallest absolute Gasteiger partial charge is 0.374 e. The number of halogens is 6. The summed E-state index contributed by atoms with van der Waals surface area (Å²) < 4.78 is 83.6. The van der Waals surface area contributed by atoms with Gasteiger partial charge in [-0.05, 0) is 36.2 Å². The fraction of sp³-hybridized carbons (Fsp3) is 0.350. The number of nitrogens with zero attached hydrogens (tertiary/aromatic N) is 1. The van der Waals surface area contributed by atoms with E-state index in [4.69, 9.17) is 4.74 Å². The molecule has 0 saturated carbocycles. The highest BCUT2D eigenvalue weighted by Gasteiger charge is 2.38. The van der Waals surface area contributed by atoms with Gasteiger partial charge in [0.1, 0.15) is 5.54 Å². The summed E-state index contributed by atoms with van der Waals surface area (Å²) >= 11 is 0. The van der Waals surface area contributed by atoms with Gasteiger partial charge in [-0.3, -0.25) is 4.99 Å². The van der Waals surface area contributed by atoms with Crippen LogP contribution in [-0.4, -0.2) is 19.0 Å². The second kappa shape index (κ2) is 7.70. The summed E-state index contributed by atoms with van der Waals surface area (Å²) in [6.45, 7) is 1.74. The van der Waals surface area contributed by atoms with E-state index in [1.807, 2.05) is 30.3 Å². The maximum atomic E-state index is 13.0. The number of benzene rings is 2. The molecule has 0 aliphatic carbocycles. The van der Waals surface area contributed by atoms with E-state index in [2.05, 4.69) is 10.3 Å². The minimum absolute atomic E-state index is 0.0233. The van der Waals surface area contributed by atoms with Crippen molar-refractivity contribution in [1.82, 2.24) is 5.32 Å². The van der Waals surface area contributed by atoms with Gasteiger partial charge in [-0.2, -0.15) is 26.3 Å². The van der Waals surface area contributed by atoms with Crippen LogP contribution < -0.4 is 5.32 Å². The van der Waals surface area contributed by atoms with Gasteiger partial charge in [0, 0.05) is 0 Å². The van der Waals surface area contributed by atoms with Crippen LogP contribution in [0.2, 0.25) is 0 Å². The van der Waals surface area contributed by atoms with Crippen LogP contribution in [0.4, 0.5) is 26.3 Å². The van der Waals surface area contributed by atoms with Crippen molar-refractivity contribution in [2.24, 2.45) is 4.99 Å². The summed E-state index contributed by atoms with van der Waals surface area (Å²) in [5, 5.41) is 3.21. The lowest BCUT2D eigenvalue weighted by atomic mass is 9.91. The summed E-state index contributed by atoms with van der Waals surface area (Å²) in [5.74, 6) is 0.677. The summed E-state index contributed by atoms with van der Waals surface area (Å²) in [7, 11) is 0. The van der Waals surface area contributed by atoms with Gasteiger partial charge in [-0.25, -0.2) is 0 Å². The molecule has 2 aromatic rings. The summed E-state index contributed by atoms with van der Waals surface area (Å²) in [6, 6.07) is 10.7. The molecule has 3 rings (SSSR count). The van der Waals surface area contributed by atoms with Crippen LogP contribution >= 0.6 is 0 Å². The minimum Gasteiger partial charge on any atom is -0.374 e. The lowest BCUT2D eigenvalue weighted by Gasteiger charge is -2.30. The second-order valence-corrected chi connectivity index (χ2v) is 6.88. The zero-order chi connectivity index (χ0) is 21.3. The summed E-state index contributed by atoms with van der Waals surface area (Å²) in [6.07, 6.45) is -9.78. The molecule has 0 aromatic heterocycles. The second-order valence-electron chi connectivity index (χ2n) is 6.88. The molecule has 0 spiro atoms. The Morgan fingerprint density at radius 2 is 1.55 bits per heavy atom. The predicted molar refractivity (Wildman–Crippen MR) is 95.3 cm³/mol. The highest BCUT2D eigenvalue weighted by molar-refractivity contribution is 5.82. The van der Waals surface area contributed by atoms with Crippen molar-refractivity contribution >= 4 is 5.84 Å². The molecule has 0 saturated heterocycles. The molecule has 1 atom stereocenters. The third-order valence-electron chi connectivity index (χ3n) is 4.60. The third kappa shape index (κ3) is 4.90. The number of amidine groups is 1. The van der Waals surface area contributed by atoms with Crippen LogP contribution in [0.15, 0.2) is 53.5 Å². The molecule has 1 aliphatic rings. The minimum atomic E-state index is -4.89. The molecule has 29 heavy (non-hydrogen) atoms. The zero-order valence-corrected chi connectivity index (χ0v) is 15.4. The Balaban J connectivity index is 1.80. The Morgan fingerprint density at radius 3 is 2.03 bits per heavy atom. The van der Waals surface area contributed by atoms with Crippen molar-refractivity contribution in [3.05, 3.63) is 70.8 Å². The number of nitrogens with one attached hydrogen (secondary N) is 1. The van der Waals surface area contributed by atoms with Gasteiger partial charge in [0.25, 0.3) is 0 Å². The average molecular weight is 416 g/mol. The van der Waals surface area contributed by atoms with Gasteiger partial charge in [-0.1, -0.05) is 30.3 Å². The molecule has 1 unspecified atom stereocenters. The van der Waals surface area contributed by atoms with E-state index in [1.54, 1.807) is 6.92 Å². The summed E-state index contributed by atoms with van der Waals surface area (Å²) in [4.78, 5) is 4.31. The molecular weight excluding hydrogens is 398 g/mol. The lowest BCUT2D eigenvalue weighted by Crippen LogP contribution is -2.46. The first-order valence-corrected chi connectivity index (χ1v) is 8.70. The fourth-order valence-electron chi connectivity index (χ4n) is 3.21. The van der Waals surface area contributed by atoms with E-state index in [0.717, 1.165) is 5.56 Å². The first kappa shape index (κ1) is 21.2. The molecule has 2 aromatic carbocycles. The van der Waals surface area contributed by atoms with E-state index in [0.29, 0.717) is 24.5 Å². The first-order valence-electron chi connectivity index (χ1n) is 8.70. The largest absolute Gasteiger partial charge is 0.416 e. The normalized spacial score (nSPS) is 19.8. The molecule has 1 N–H and O–H groups in total. The van der Waals surface area contributed by atoms with Crippen LogP contribution in [-0.2, 0) is 29.2 Å². The van der Waals surface area contributed by atoms with Crippen LogP contribution in [0, 0.1) is 0 Å². The molecule has 9 heteroatoms. The Bertz CT molecular complexity index is 860. The monoisotopic (exact) mass is 416 g/mol. The Hall–Kier alpha value is -2.55. The first-order chi connectivity index (χ1) is 13.5. The number of rotatable bonds is 5. The van der Waals surface area contributed by atoms with E-state index >= 15 is 0 Å². The zero-order valence-electron chi connectivity index (χ0n) is 15.4. The maximum Gasteiger partial charge on any atom is 0.416 e. The van der Waals surface area contributed by atoms with E-state index in [1.165, 1.54) is 0 Å². The Kier molecular flexibility index (Phi) is 5.62. The highest BCUT2D eigenvalue weighted by atomic mass is 19.4. The highest BCUT2D eigenvalue weighted by Crippen LogP contribution is 2.36. The van der Waals surface area contributed by atoms with Crippen molar-refractivity contribution < 1.29 is 31.1 Å². The molecule has 0 radical (unpaired) electrons. The molecule has 3 nitrogen and oxygen atoms in total. The van der Waals surface area contributed by atoms with E-state index in [-0.39, 0.29) is 18.2 Å². The third-order valence-corrected chi connectivity index (χ3v) is 4.60. The standard InChI is InChI=1S/C20H18F6N2O/c1-13-27-11-18(28-13,15-5-3-2-4-6-15)12-29-10-14-7-16(19(21,22)23)9-17(8-14)20(24,25)26/h2-9H,10-12H2,1H3,(H,27,28). The van der Waals surface area contributed by atoms with Crippen LogP contribution in [0.25, 0.3) is 0 Å². The Labute approximate surface area is 163 Å². The number of hydrogen-bond donors (Lipinski definition) is 1. The predicted octanol–water partition coefficient (Wildman–Crippen LogP) is 5.16. The van der Waals surface area contributed by atoms with Crippen LogP contribution in [0.5, 0.6) is 0 Å². The van der Waals surface area contributed by atoms with Gasteiger partial charge in [0.2, 0.25) is 0 Å². The van der Waals surface area contributed by atoms with Gasteiger partial charge < -0.3 is 10.1 Å². The quantitative estimate of drug-likeness (QED) is 0.684. The van der Waals surface area contributed by atoms with Crippen LogP contribution in [0.3, 0.4) is 0 Å². The maximum absolute atomic E-state index is 13.0. The van der Waals surface area contributed by atoms with Crippen molar-refractivity contribution in [2.45, 2.75) is 31.4 Å². The van der Waals surface area contributed by atoms with Crippen molar-refractivity contribution in [3.8, 4) is 0 Å². The Morgan fingerprint density at radius 1 is 0.966 bits per heavy atom. The van der Waals surface area contributed by atoms with Crippen molar-refractivity contribution in [1.29, 1.82) is 0 Å². The molecule has 0 fully saturated rings. The molecular formula is C20H18F6N2O. The topological polar surface area (TPSA) is 33.6 Å². The van der Waals surface area contributed by atoms with Crippen molar-refractivity contribution in [3.63, 3.8) is 0 Å². The van der Waals surface area contributed by atoms with Crippen LogP contribution in [0.1, 0.15) is 29.2 Å².